The van der Waals surface area contributed by atoms with Gasteiger partial charge in [-0.05, 0) is 67.1 Å². The van der Waals surface area contributed by atoms with E-state index in [0.29, 0.717) is 17.7 Å². The lowest BCUT2D eigenvalue weighted by atomic mass is 10.2. The van der Waals surface area contributed by atoms with Gasteiger partial charge in [0.15, 0.2) is 9.84 Å². The number of carbonyl (C=O) groups is 1. The lowest BCUT2D eigenvalue weighted by molar-refractivity contribution is -0.113. The third kappa shape index (κ3) is 7.99. The van der Waals surface area contributed by atoms with Gasteiger partial charge in [0.2, 0.25) is 10.0 Å². The third-order valence-electron chi connectivity index (χ3n) is 5.21. The van der Waals surface area contributed by atoms with Crippen LogP contribution in [0, 0.1) is 6.92 Å². The van der Waals surface area contributed by atoms with Crippen LogP contribution in [0.3, 0.4) is 0 Å². The first kappa shape index (κ1) is 29.2. The molecule has 0 aliphatic carbocycles. The van der Waals surface area contributed by atoms with Crippen molar-refractivity contribution in [2.24, 2.45) is 0 Å². The van der Waals surface area contributed by atoms with Crippen LogP contribution in [-0.2, 0) is 31.1 Å². The number of likely N-dealkylation sites (N-methyl/N-ethyl adjacent to an activating group) is 1. The zero-order chi connectivity index (χ0) is 25.6. The number of aryl methyl sites for hydroxylation is 1. The first-order chi connectivity index (χ1) is 16.5. The van der Waals surface area contributed by atoms with Gasteiger partial charge >= 0.3 is 0 Å². The van der Waals surface area contributed by atoms with Crippen molar-refractivity contribution < 1.29 is 21.6 Å². The number of nitrogens with one attached hydrogen (secondary N) is 1. The minimum atomic E-state index is -3.70. The van der Waals surface area contributed by atoms with E-state index in [9.17, 15) is 21.6 Å². The molecule has 0 aliphatic heterocycles. The van der Waals surface area contributed by atoms with Crippen molar-refractivity contribution >= 4 is 49.9 Å². The number of aromatic nitrogens is 1. The minimum Gasteiger partial charge on any atom is -0.312 e. The number of benzene rings is 2. The first-order valence-electron chi connectivity index (χ1n) is 10.7. The molecule has 0 unspecified atom stereocenters. The minimum absolute atomic E-state index is 0. The van der Waals surface area contributed by atoms with Crippen molar-refractivity contribution in [3.05, 3.63) is 89.8 Å². The number of hydrogen-bond acceptors (Lipinski definition) is 6. The van der Waals surface area contributed by atoms with Crippen LogP contribution in [0.25, 0.3) is 6.08 Å². The third-order valence-corrected chi connectivity index (χ3v) is 7.82. The Morgan fingerprint density at radius 2 is 1.56 bits per heavy atom. The molecule has 8 nitrogen and oxygen atoms in total. The predicted molar refractivity (Wildman–Crippen MR) is 144 cm³/mol. The smallest absolute Gasteiger partial charge is 0.250 e. The van der Waals surface area contributed by atoms with Crippen LogP contribution in [0.1, 0.15) is 17.0 Å². The number of carbonyl (C=O) groups excluding carboxylic acids is 1. The van der Waals surface area contributed by atoms with E-state index in [0.717, 1.165) is 17.6 Å². The van der Waals surface area contributed by atoms with Gasteiger partial charge in [-0.25, -0.2) is 21.6 Å². The van der Waals surface area contributed by atoms with Gasteiger partial charge in [-0.15, -0.1) is 12.4 Å². The lowest BCUT2D eigenvalue weighted by Gasteiger charge is -2.16. The maximum Gasteiger partial charge on any atom is 0.250 e. The quantitative estimate of drug-likeness (QED) is 0.409. The Balaban J connectivity index is 0.00000456. The maximum absolute atomic E-state index is 12.6. The second kappa shape index (κ2) is 12.3. The van der Waals surface area contributed by atoms with E-state index in [-0.39, 0.29) is 34.6 Å². The highest BCUT2D eigenvalue weighted by Crippen LogP contribution is 2.18. The highest BCUT2D eigenvalue weighted by Gasteiger charge is 2.15. The zero-order valence-electron chi connectivity index (χ0n) is 20.1. The summed E-state index contributed by atoms with van der Waals surface area (Å²) in [5.41, 5.74) is 2.88. The van der Waals surface area contributed by atoms with Gasteiger partial charge in [-0.2, -0.15) is 0 Å². The van der Waals surface area contributed by atoms with Crippen LogP contribution in [0.15, 0.2) is 82.6 Å². The van der Waals surface area contributed by atoms with Crippen LogP contribution in [0.4, 0.5) is 5.69 Å². The monoisotopic (exact) mass is 549 g/mol. The Labute approximate surface area is 218 Å². The summed E-state index contributed by atoms with van der Waals surface area (Å²) in [5, 5.41) is 0. The Hall–Kier alpha value is -3.05. The summed E-state index contributed by atoms with van der Waals surface area (Å²) in [4.78, 5) is 18.6. The van der Waals surface area contributed by atoms with Crippen LogP contribution in [0.2, 0.25) is 0 Å². The van der Waals surface area contributed by atoms with E-state index in [1.54, 1.807) is 37.4 Å². The average Bonchev–Trinajstić information content (AvgIpc) is 2.82. The SMILES string of the molecule is Cc1cccc(CCNS(=O)(=O)c2ccc(N(C)C(=O)/C=C/c3ccc(S(C)(=O)=O)cc3)cc2)n1.Cl. The number of amides is 1. The highest BCUT2D eigenvalue weighted by molar-refractivity contribution is 7.90. The number of rotatable bonds is 9. The van der Waals surface area contributed by atoms with E-state index in [1.807, 2.05) is 25.1 Å². The van der Waals surface area contributed by atoms with Gasteiger partial charge in [0.05, 0.1) is 9.79 Å². The molecule has 36 heavy (non-hydrogen) atoms. The van der Waals surface area contributed by atoms with Gasteiger partial charge in [-0.1, -0.05) is 18.2 Å². The van der Waals surface area contributed by atoms with Crippen molar-refractivity contribution in [3.8, 4) is 0 Å². The number of sulfone groups is 1. The van der Waals surface area contributed by atoms with Gasteiger partial charge in [0.1, 0.15) is 0 Å². The molecular weight excluding hydrogens is 522 g/mol. The largest absolute Gasteiger partial charge is 0.312 e. The summed E-state index contributed by atoms with van der Waals surface area (Å²) in [6, 6.07) is 17.8. The summed E-state index contributed by atoms with van der Waals surface area (Å²) in [5.74, 6) is -0.323. The standard InChI is InChI=1S/C25H27N3O5S2.ClH/c1-19-5-4-6-21(27-19)17-18-26-35(32,33)24-14-10-22(11-15-24)28(2)25(29)16-9-20-7-12-23(13-8-20)34(3,30)31;/h4-16,26H,17-18H2,1-3H3;1H/b16-9+;. The second-order valence-electron chi connectivity index (χ2n) is 7.98. The maximum atomic E-state index is 12.6. The molecule has 0 spiro atoms. The molecule has 11 heteroatoms. The van der Waals surface area contributed by atoms with Crippen molar-refractivity contribution in [2.45, 2.75) is 23.1 Å². The van der Waals surface area contributed by atoms with Crippen LogP contribution in [-0.4, -0.2) is 47.6 Å². The molecule has 1 aromatic heterocycles. The fourth-order valence-electron chi connectivity index (χ4n) is 3.22. The van der Waals surface area contributed by atoms with Gasteiger partial charge < -0.3 is 4.90 Å². The Kier molecular flexibility index (Phi) is 9.94. The molecule has 192 valence electrons. The molecule has 0 bridgehead atoms. The van der Waals surface area contributed by atoms with Crippen molar-refractivity contribution in [1.29, 1.82) is 0 Å². The zero-order valence-corrected chi connectivity index (χ0v) is 22.5. The Bertz CT molecular complexity index is 1440. The van der Waals surface area contributed by atoms with E-state index >= 15 is 0 Å². The van der Waals surface area contributed by atoms with Crippen molar-refractivity contribution in [1.82, 2.24) is 9.71 Å². The van der Waals surface area contributed by atoms with Crippen molar-refractivity contribution in [3.63, 3.8) is 0 Å². The number of nitrogens with zero attached hydrogens (tertiary/aromatic N) is 2. The summed E-state index contributed by atoms with van der Waals surface area (Å²) >= 11 is 0. The van der Waals surface area contributed by atoms with E-state index in [4.69, 9.17) is 0 Å². The van der Waals surface area contributed by atoms with Crippen LogP contribution in [0.5, 0.6) is 0 Å². The summed E-state index contributed by atoms with van der Waals surface area (Å²) < 4.78 is 50.8. The normalized spacial score (nSPS) is 11.8. The highest BCUT2D eigenvalue weighted by atomic mass is 35.5. The molecule has 0 saturated carbocycles. The molecule has 1 heterocycles. The molecule has 0 atom stereocenters. The fourth-order valence-corrected chi connectivity index (χ4v) is 4.88. The molecule has 0 aliphatic rings. The topological polar surface area (TPSA) is 114 Å². The van der Waals surface area contributed by atoms with Crippen LogP contribution < -0.4 is 9.62 Å². The molecule has 1 amide bonds. The summed E-state index contributed by atoms with van der Waals surface area (Å²) in [6.45, 7) is 2.10. The van der Waals surface area contributed by atoms with E-state index in [1.165, 1.54) is 35.2 Å². The van der Waals surface area contributed by atoms with Gasteiger partial charge in [0.25, 0.3) is 5.91 Å². The molecule has 1 N–H and O–H groups in total. The summed E-state index contributed by atoms with van der Waals surface area (Å²) in [6.07, 6.45) is 4.54. The van der Waals surface area contributed by atoms with E-state index in [2.05, 4.69) is 9.71 Å². The van der Waals surface area contributed by atoms with Crippen molar-refractivity contribution in [2.75, 3.05) is 24.7 Å². The first-order valence-corrected chi connectivity index (χ1v) is 14.1. The molecular formula is C25H28ClN3O5S2. The number of pyridine rings is 1. The molecule has 0 saturated heterocycles. The number of sulfonamides is 1. The lowest BCUT2D eigenvalue weighted by Crippen LogP contribution is -2.27. The van der Waals surface area contributed by atoms with Crippen LogP contribution >= 0.6 is 12.4 Å². The summed E-state index contributed by atoms with van der Waals surface area (Å²) in [7, 11) is -5.41. The van der Waals surface area contributed by atoms with Gasteiger partial charge in [-0.3, -0.25) is 9.78 Å². The molecule has 0 radical (unpaired) electrons. The Morgan fingerprint density at radius 1 is 0.944 bits per heavy atom. The number of halogens is 1. The average molecular weight is 550 g/mol. The fraction of sp³-hybridized carbons (Fsp3) is 0.200. The second-order valence-corrected chi connectivity index (χ2v) is 11.8. The van der Waals surface area contributed by atoms with Gasteiger partial charge in [0, 0.05) is 49.4 Å². The predicted octanol–water partition coefficient (Wildman–Crippen LogP) is 3.41. The Morgan fingerprint density at radius 3 is 2.14 bits per heavy atom. The number of hydrogen-bond donors (Lipinski definition) is 1. The molecule has 3 aromatic rings. The number of anilines is 1. The van der Waals surface area contributed by atoms with E-state index < -0.39 is 19.9 Å². The molecule has 0 fully saturated rings. The molecule has 2 aromatic carbocycles. The molecule has 3 rings (SSSR count).